The number of esters is 1. The van der Waals surface area contributed by atoms with E-state index in [0.717, 1.165) is 16.9 Å². The molecule has 0 aromatic heterocycles. The van der Waals surface area contributed by atoms with Crippen molar-refractivity contribution in [3.8, 4) is 5.75 Å². The topological polar surface area (TPSA) is 91.4 Å². The van der Waals surface area contributed by atoms with E-state index in [1.54, 1.807) is 20.1 Å². The highest BCUT2D eigenvalue weighted by atomic mass is 16.6. The highest BCUT2D eigenvalue weighted by Gasteiger charge is 2.51. The van der Waals surface area contributed by atoms with Gasteiger partial charge in [0.1, 0.15) is 17.8 Å². The Labute approximate surface area is 189 Å². The maximum atomic E-state index is 13.1. The zero-order chi connectivity index (χ0) is 23.5. The van der Waals surface area contributed by atoms with Crippen molar-refractivity contribution in [2.45, 2.75) is 65.5 Å². The number of benzene rings is 1. The summed E-state index contributed by atoms with van der Waals surface area (Å²) in [5.74, 6) is -1.06. The zero-order valence-corrected chi connectivity index (χ0v) is 19.4. The lowest BCUT2D eigenvalue weighted by Gasteiger charge is -2.32. The Balaban J connectivity index is 1.81. The molecule has 174 valence electrons. The number of cyclic esters (lactones) is 1. The highest BCUT2D eigenvalue weighted by molar-refractivity contribution is 6.02. The van der Waals surface area contributed by atoms with Crippen LogP contribution >= 0.6 is 0 Å². The van der Waals surface area contributed by atoms with Gasteiger partial charge in [0.15, 0.2) is 11.6 Å². The summed E-state index contributed by atoms with van der Waals surface area (Å²) in [4.78, 5) is 38.0. The van der Waals surface area contributed by atoms with E-state index in [1.165, 1.54) is 0 Å². The van der Waals surface area contributed by atoms with E-state index in [-0.39, 0.29) is 18.2 Å². The second kappa shape index (κ2) is 9.96. The van der Waals surface area contributed by atoms with E-state index >= 15 is 0 Å². The summed E-state index contributed by atoms with van der Waals surface area (Å²) < 4.78 is 22.2. The third-order valence-electron chi connectivity index (χ3n) is 6.26. The molecule has 1 aromatic rings. The van der Waals surface area contributed by atoms with Gasteiger partial charge in [-0.25, -0.2) is 0 Å². The average molecular weight is 445 g/mol. The molecule has 0 N–H and O–H groups in total. The number of Topliss-reactive ketones (excluding diaryl/α,β-unsaturated/α-hetero) is 1. The van der Waals surface area contributed by atoms with Crippen molar-refractivity contribution < 1.29 is 33.3 Å². The van der Waals surface area contributed by atoms with Gasteiger partial charge in [0.2, 0.25) is 0 Å². The summed E-state index contributed by atoms with van der Waals surface area (Å²) >= 11 is 0. The number of carbonyl (C=O) groups excluding carboxylic acids is 3. The molecule has 0 bridgehead atoms. The highest BCUT2D eigenvalue weighted by Crippen LogP contribution is 2.37. The Hall–Kier alpha value is -2.51. The number of ether oxygens (including phenoxy) is 4. The number of hydrogen-bond donors (Lipinski definition) is 0. The lowest BCUT2D eigenvalue weighted by molar-refractivity contribution is -0.151. The first-order valence-electron chi connectivity index (χ1n) is 11.0. The van der Waals surface area contributed by atoms with Crippen molar-refractivity contribution in [3.05, 3.63) is 41.5 Å². The molecule has 1 aromatic carbocycles. The summed E-state index contributed by atoms with van der Waals surface area (Å²) in [6.07, 6.45) is 0.862. The largest absolute Gasteiger partial charge is 0.497 e. The van der Waals surface area contributed by atoms with Crippen molar-refractivity contribution in [2.75, 3.05) is 13.7 Å². The molecule has 1 saturated heterocycles. The van der Waals surface area contributed by atoms with Gasteiger partial charge < -0.3 is 18.9 Å². The summed E-state index contributed by atoms with van der Waals surface area (Å²) in [6.45, 7) is 7.51. The Morgan fingerprint density at radius 3 is 2.47 bits per heavy atom. The lowest BCUT2D eigenvalue weighted by atomic mass is 9.78. The van der Waals surface area contributed by atoms with Crippen LogP contribution in [0.2, 0.25) is 0 Å². The second-order valence-electron chi connectivity index (χ2n) is 9.10. The molecule has 0 radical (unpaired) electrons. The van der Waals surface area contributed by atoms with Crippen LogP contribution in [0, 0.1) is 11.3 Å². The lowest BCUT2D eigenvalue weighted by Crippen LogP contribution is -2.40. The smallest absolute Gasteiger partial charge is 0.316 e. The van der Waals surface area contributed by atoms with Gasteiger partial charge in [-0.3, -0.25) is 14.4 Å². The van der Waals surface area contributed by atoms with Crippen molar-refractivity contribution in [2.24, 2.45) is 11.3 Å². The molecule has 4 atom stereocenters. The van der Waals surface area contributed by atoms with Gasteiger partial charge in [-0.1, -0.05) is 31.6 Å². The van der Waals surface area contributed by atoms with Crippen LogP contribution in [0.4, 0.5) is 0 Å². The minimum atomic E-state index is -0.884. The molecule has 0 spiro atoms. The van der Waals surface area contributed by atoms with Crippen LogP contribution in [0.1, 0.15) is 46.1 Å². The monoisotopic (exact) mass is 444 g/mol. The van der Waals surface area contributed by atoms with Crippen molar-refractivity contribution >= 4 is 17.5 Å². The van der Waals surface area contributed by atoms with E-state index < -0.39 is 35.6 Å². The van der Waals surface area contributed by atoms with E-state index in [9.17, 15) is 14.4 Å². The van der Waals surface area contributed by atoms with Crippen LogP contribution in [0.25, 0.3) is 0 Å². The van der Waals surface area contributed by atoms with E-state index in [4.69, 9.17) is 18.9 Å². The minimum Gasteiger partial charge on any atom is -0.497 e. The van der Waals surface area contributed by atoms with E-state index in [0.29, 0.717) is 19.4 Å². The number of methoxy groups -OCH3 is 1. The van der Waals surface area contributed by atoms with Gasteiger partial charge >= 0.3 is 5.97 Å². The second-order valence-corrected chi connectivity index (χ2v) is 9.10. The molecule has 0 aliphatic carbocycles. The van der Waals surface area contributed by atoms with Crippen molar-refractivity contribution in [3.63, 3.8) is 0 Å². The fourth-order valence-corrected chi connectivity index (χ4v) is 3.71. The molecule has 2 heterocycles. The molecule has 2 aliphatic heterocycles. The fraction of sp³-hybridized carbons (Fsp3) is 0.560. The summed E-state index contributed by atoms with van der Waals surface area (Å²) in [5.41, 5.74) is 0.918. The van der Waals surface area contributed by atoms with Crippen LogP contribution in [-0.2, 0) is 35.2 Å². The van der Waals surface area contributed by atoms with E-state index in [1.807, 2.05) is 45.0 Å². The Morgan fingerprint density at radius 1 is 1.12 bits per heavy atom. The quantitative estimate of drug-likeness (QED) is 0.399. The Morgan fingerprint density at radius 2 is 1.81 bits per heavy atom. The first-order chi connectivity index (χ1) is 15.1. The van der Waals surface area contributed by atoms with E-state index in [2.05, 4.69) is 0 Å². The zero-order valence-electron chi connectivity index (χ0n) is 19.4. The van der Waals surface area contributed by atoms with Gasteiger partial charge in [-0.2, -0.15) is 0 Å². The Bertz CT molecular complexity index is 884. The Kier molecular flexibility index (Phi) is 7.51. The third kappa shape index (κ3) is 5.64. The van der Waals surface area contributed by atoms with Crippen molar-refractivity contribution in [1.29, 1.82) is 0 Å². The first kappa shape index (κ1) is 24.1. The molecule has 32 heavy (non-hydrogen) atoms. The predicted molar refractivity (Wildman–Crippen MR) is 117 cm³/mol. The fourth-order valence-electron chi connectivity index (χ4n) is 3.71. The van der Waals surface area contributed by atoms with Crippen LogP contribution in [0.5, 0.6) is 5.75 Å². The van der Waals surface area contributed by atoms with Crippen LogP contribution in [-0.4, -0.2) is 49.6 Å². The summed E-state index contributed by atoms with van der Waals surface area (Å²) in [6, 6.07) is 7.53. The number of ketones is 2. The summed E-state index contributed by atoms with van der Waals surface area (Å²) in [7, 11) is 1.61. The maximum absolute atomic E-state index is 13.1. The number of carbonyl (C=O) groups is 3. The standard InChI is InChI=1S/C25H32O7/c1-15-10-11-30-24(28)16(2)22(27)23-19(32-23)13-21(25(3,4)20(26)12-15)31-14-17-6-8-18(29-5)9-7-17/h6-9,12,16,19,21,23H,10-11,13-14H2,1-5H3/b15-12+/t16?,19-,21+,23+/m0/s1. The average Bonchev–Trinajstić information content (AvgIpc) is 3.54. The normalized spacial score (nSPS) is 30.4. The molecule has 3 rings (SSSR count). The molecule has 7 nitrogen and oxygen atoms in total. The molecular formula is C25H32O7. The third-order valence-corrected chi connectivity index (χ3v) is 6.26. The minimum absolute atomic E-state index is 0.0741. The SMILES string of the molecule is COc1ccc(CO[C@@H]2C[C@@H]3O[C@H]3C(=O)C(C)C(=O)OCC/C(C)=C/C(=O)C2(C)C)cc1. The molecule has 7 heteroatoms. The van der Waals surface area contributed by atoms with Gasteiger partial charge in [0.25, 0.3) is 0 Å². The molecule has 2 aliphatic rings. The molecular weight excluding hydrogens is 412 g/mol. The van der Waals surface area contributed by atoms with Crippen LogP contribution in [0.15, 0.2) is 35.9 Å². The van der Waals surface area contributed by atoms with Crippen molar-refractivity contribution in [1.82, 2.24) is 0 Å². The van der Waals surface area contributed by atoms with Gasteiger partial charge in [0.05, 0.1) is 37.9 Å². The number of allylic oxidation sites excluding steroid dienone is 1. The number of rotatable bonds is 4. The van der Waals surface area contributed by atoms with Gasteiger partial charge in [0, 0.05) is 12.8 Å². The molecule has 1 fully saturated rings. The van der Waals surface area contributed by atoms with Crippen LogP contribution in [0.3, 0.4) is 0 Å². The predicted octanol–water partition coefficient (Wildman–Crippen LogP) is 3.43. The molecule has 0 saturated carbocycles. The molecule has 1 unspecified atom stereocenters. The summed E-state index contributed by atoms with van der Waals surface area (Å²) in [5, 5.41) is 0. The molecule has 0 amide bonds. The number of hydrogen-bond acceptors (Lipinski definition) is 7. The van der Waals surface area contributed by atoms with Gasteiger partial charge in [-0.05, 0) is 37.6 Å². The number of fused-ring (bicyclic) bond motifs is 1. The van der Waals surface area contributed by atoms with Gasteiger partial charge in [-0.15, -0.1) is 0 Å². The first-order valence-corrected chi connectivity index (χ1v) is 11.0. The maximum Gasteiger partial charge on any atom is 0.316 e. The number of epoxide rings is 1. The van der Waals surface area contributed by atoms with Crippen LogP contribution < -0.4 is 4.74 Å².